The molecule has 0 unspecified atom stereocenters. The fourth-order valence-electron chi connectivity index (χ4n) is 0.502. The highest BCUT2D eigenvalue weighted by atomic mass is 16.5. The van der Waals surface area contributed by atoms with Crippen LogP contribution in [0.4, 0.5) is 0 Å². The van der Waals surface area contributed by atoms with Gasteiger partial charge in [0, 0.05) is 6.42 Å². The summed E-state index contributed by atoms with van der Waals surface area (Å²) < 4.78 is 5.06. The molecular formula is C8H14O. The molecule has 52 valence electrons. The predicted molar refractivity (Wildman–Crippen MR) is 39.9 cm³/mol. The van der Waals surface area contributed by atoms with Crippen LogP contribution in [-0.2, 0) is 4.74 Å². The van der Waals surface area contributed by atoms with E-state index < -0.39 is 0 Å². The molecule has 0 saturated carbocycles. The summed E-state index contributed by atoms with van der Waals surface area (Å²) in [5.41, 5.74) is 0. The van der Waals surface area contributed by atoms with Gasteiger partial charge in [0.2, 0.25) is 0 Å². The highest BCUT2D eigenvalue weighted by Gasteiger charge is 1.86. The van der Waals surface area contributed by atoms with Crippen molar-refractivity contribution in [2.45, 2.75) is 26.7 Å². The molecule has 0 aromatic carbocycles. The maximum atomic E-state index is 5.06. The van der Waals surface area contributed by atoms with Gasteiger partial charge >= 0.3 is 0 Å². The lowest BCUT2D eigenvalue weighted by Crippen LogP contribution is -1.80. The van der Waals surface area contributed by atoms with Gasteiger partial charge in [-0.05, 0) is 13.3 Å². The zero-order valence-electron chi connectivity index (χ0n) is 6.18. The number of rotatable bonds is 4. The Hall–Kier alpha value is -0.720. The number of ether oxygens (including phenoxy) is 1. The van der Waals surface area contributed by atoms with Crippen LogP contribution < -0.4 is 0 Å². The Kier molecular flexibility index (Phi) is 4.98. The first-order valence-electron chi connectivity index (χ1n) is 3.26. The summed E-state index contributed by atoms with van der Waals surface area (Å²) in [6, 6.07) is 0. The molecule has 0 spiro atoms. The second-order valence-corrected chi connectivity index (χ2v) is 1.88. The van der Waals surface area contributed by atoms with Crippen molar-refractivity contribution in [2.75, 3.05) is 0 Å². The van der Waals surface area contributed by atoms with Gasteiger partial charge in [-0.15, -0.1) is 0 Å². The van der Waals surface area contributed by atoms with E-state index in [1.807, 2.05) is 13.0 Å². The van der Waals surface area contributed by atoms with Crippen LogP contribution >= 0.6 is 0 Å². The Balaban J connectivity index is 3.27. The second-order valence-electron chi connectivity index (χ2n) is 1.88. The van der Waals surface area contributed by atoms with Crippen molar-refractivity contribution in [3.8, 4) is 0 Å². The minimum absolute atomic E-state index is 0.843. The Morgan fingerprint density at radius 1 is 1.67 bits per heavy atom. The Morgan fingerprint density at radius 3 is 2.78 bits per heavy atom. The van der Waals surface area contributed by atoms with Crippen molar-refractivity contribution < 1.29 is 4.74 Å². The molecule has 0 rings (SSSR count). The standard InChI is InChI=1S/C8H14O/c1-4-6-8(3)9-7-5-2/h5,7H,3-4,6H2,1-2H3/b7-5-. The molecule has 0 aromatic rings. The van der Waals surface area contributed by atoms with Gasteiger partial charge in [-0.2, -0.15) is 0 Å². The van der Waals surface area contributed by atoms with E-state index in [-0.39, 0.29) is 0 Å². The van der Waals surface area contributed by atoms with E-state index in [0.29, 0.717) is 0 Å². The summed E-state index contributed by atoms with van der Waals surface area (Å²) in [6.45, 7) is 7.73. The molecule has 0 aliphatic carbocycles. The van der Waals surface area contributed by atoms with E-state index in [1.165, 1.54) is 0 Å². The maximum absolute atomic E-state index is 5.06. The summed E-state index contributed by atoms with van der Waals surface area (Å²) in [5, 5.41) is 0. The first-order valence-corrected chi connectivity index (χ1v) is 3.26. The van der Waals surface area contributed by atoms with Gasteiger partial charge in [-0.25, -0.2) is 0 Å². The van der Waals surface area contributed by atoms with Crippen LogP contribution in [0, 0.1) is 0 Å². The smallest absolute Gasteiger partial charge is 0.0960 e. The van der Waals surface area contributed by atoms with E-state index in [2.05, 4.69) is 13.5 Å². The monoisotopic (exact) mass is 126 g/mol. The molecule has 0 aliphatic rings. The first kappa shape index (κ1) is 8.28. The summed E-state index contributed by atoms with van der Waals surface area (Å²) in [6.07, 6.45) is 5.54. The van der Waals surface area contributed by atoms with Crippen LogP contribution in [0.2, 0.25) is 0 Å². The summed E-state index contributed by atoms with van der Waals surface area (Å²) in [5.74, 6) is 0.843. The van der Waals surface area contributed by atoms with Gasteiger partial charge in [-0.1, -0.05) is 19.6 Å². The fraction of sp³-hybridized carbons (Fsp3) is 0.500. The van der Waals surface area contributed by atoms with Gasteiger partial charge < -0.3 is 4.74 Å². The third-order valence-electron chi connectivity index (χ3n) is 0.900. The van der Waals surface area contributed by atoms with Crippen LogP contribution in [0.25, 0.3) is 0 Å². The van der Waals surface area contributed by atoms with Crippen LogP contribution in [0.1, 0.15) is 26.7 Å². The quantitative estimate of drug-likeness (QED) is 0.526. The average Bonchev–Trinajstić information content (AvgIpc) is 1.85. The molecule has 0 N–H and O–H groups in total. The topological polar surface area (TPSA) is 9.23 Å². The minimum Gasteiger partial charge on any atom is -0.470 e. The average molecular weight is 126 g/mol. The third kappa shape index (κ3) is 5.15. The third-order valence-corrected chi connectivity index (χ3v) is 0.900. The van der Waals surface area contributed by atoms with Crippen molar-refractivity contribution in [2.24, 2.45) is 0 Å². The van der Waals surface area contributed by atoms with E-state index in [4.69, 9.17) is 4.74 Å². The molecule has 0 aromatic heterocycles. The summed E-state index contributed by atoms with van der Waals surface area (Å²) in [7, 11) is 0. The van der Waals surface area contributed by atoms with E-state index in [1.54, 1.807) is 6.26 Å². The molecule has 0 atom stereocenters. The Bertz CT molecular complexity index is 103. The molecule has 0 saturated heterocycles. The fourth-order valence-corrected chi connectivity index (χ4v) is 0.502. The van der Waals surface area contributed by atoms with Gasteiger partial charge in [0.1, 0.15) is 0 Å². The van der Waals surface area contributed by atoms with Gasteiger partial charge in [-0.3, -0.25) is 0 Å². The molecule has 0 amide bonds. The molecule has 9 heavy (non-hydrogen) atoms. The lowest BCUT2D eigenvalue weighted by atomic mass is 10.3. The van der Waals surface area contributed by atoms with Crippen LogP contribution in [-0.4, -0.2) is 0 Å². The van der Waals surface area contributed by atoms with Crippen molar-refractivity contribution in [3.05, 3.63) is 24.7 Å². The molecule has 0 bridgehead atoms. The van der Waals surface area contributed by atoms with Crippen LogP contribution in [0.5, 0.6) is 0 Å². The molecular weight excluding hydrogens is 112 g/mol. The number of hydrogen-bond donors (Lipinski definition) is 0. The molecule has 1 nitrogen and oxygen atoms in total. The summed E-state index contributed by atoms with van der Waals surface area (Å²) in [4.78, 5) is 0. The van der Waals surface area contributed by atoms with Gasteiger partial charge in [0.15, 0.2) is 0 Å². The lowest BCUT2D eigenvalue weighted by Gasteiger charge is -1.99. The van der Waals surface area contributed by atoms with Crippen molar-refractivity contribution in [1.29, 1.82) is 0 Å². The zero-order chi connectivity index (χ0) is 7.11. The minimum atomic E-state index is 0.843. The SMILES string of the molecule is C=C(CCC)O/C=C\C. The van der Waals surface area contributed by atoms with Gasteiger partial charge in [0.25, 0.3) is 0 Å². The second kappa shape index (κ2) is 5.42. The van der Waals surface area contributed by atoms with Crippen LogP contribution in [0.15, 0.2) is 24.7 Å². The lowest BCUT2D eigenvalue weighted by molar-refractivity contribution is 0.334. The maximum Gasteiger partial charge on any atom is 0.0960 e. The van der Waals surface area contributed by atoms with E-state index in [0.717, 1.165) is 18.6 Å². The Morgan fingerprint density at radius 2 is 2.33 bits per heavy atom. The zero-order valence-corrected chi connectivity index (χ0v) is 6.18. The molecule has 0 fully saturated rings. The highest BCUT2D eigenvalue weighted by Crippen LogP contribution is 2.02. The molecule has 1 heteroatoms. The highest BCUT2D eigenvalue weighted by molar-refractivity contribution is 4.85. The van der Waals surface area contributed by atoms with E-state index in [9.17, 15) is 0 Å². The normalized spacial score (nSPS) is 10.0. The Labute approximate surface area is 57.0 Å². The number of hydrogen-bond acceptors (Lipinski definition) is 1. The molecule has 0 heterocycles. The predicted octanol–water partition coefficient (Wildman–Crippen LogP) is 2.85. The van der Waals surface area contributed by atoms with E-state index >= 15 is 0 Å². The van der Waals surface area contributed by atoms with Gasteiger partial charge in [0.05, 0.1) is 12.0 Å². The van der Waals surface area contributed by atoms with Crippen LogP contribution in [0.3, 0.4) is 0 Å². The first-order chi connectivity index (χ1) is 4.31. The molecule has 0 aliphatic heterocycles. The number of allylic oxidation sites excluding steroid dienone is 2. The van der Waals surface area contributed by atoms with Crippen molar-refractivity contribution in [3.63, 3.8) is 0 Å². The largest absolute Gasteiger partial charge is 0.470 e. The summed E-state index contributed by atoms with van der Waals surface area (Å²) >= 11 is 0. The van der Waals surface area contributed by atoms with Crippen molar-refractivity contribution in [1.82, 2.24) is 0 Å². The van der Waals surface area contributed by atoms with Crippen molar-refractivity contribution >= 4 is 0 Å². The molecule has 0 radical (unpaired) electrons.